The van der Waals surface area contributed by atoms with Gasteiger partial charge in [-0.15, -0.1) is 11.3 Å². The van der Waals surface area contributed by atoms with E-state index in [2.05, 4.69) is 35.3 Å². The normalized spacial score (nSPS) is 11.0. The van der Waals surface area contributed by atoms with E-state index < -0.39 is 5.97 Å². The van der Waals surface area contributed by atoms with Crippen molar-refractivity contribution in [2.45, 2.75) is 13.0 Å². The van der Waals surface area contributed by atoms with E-state index in [1.165, 1.54) is 24.0 Å². The zero-order valence-corrected chi connectivity index (χ0v) is 19.5. The lowest BCUT2D eigenvalue weighted by atomic mass is 9.98. The summed E-state index contributed by atoms with van der Waals surface area (Å²) in [6, 6.07) is 23.7. The number of carbonyl (C=O) groups is 1. The number of carboxylic acid groups (broad SMARTS) is 1. The first kappa shape index (κ1) is 22.1. The molecule has 34 heavy (non-hydrogen) atoms. The molecule has 7 heteroatoms. The third-order valence-electron chi connectivity index (χ3n) is 5.39. The second-order valence-electron chi connectivity index (χ2n) is 7.75. The lowest BCUT2D eigenvalue weighted by molar-refractivity contribution is 0.0696. The molecule has 0 unspecified atom stereocenters. The van der Waals surface area contributed by atoms with Gasteiger partial charge in [0.2, 0.25) is 0 Å². The summed E-state index contributed by atoms with van der Waals surface area (Å²) in [4.78, 5) is 19.8. The second-order valence-corrected chi connectivity index (χ2v) is 9.31. The molecule has 0 fully saturated rings. The second kappa shape index (κ2) is 9.63. The fourth-order valence-corrected chi connectivity index (χ4v) is 4.85. The molecule has 0 aliphatic carbocycles. The van der Waals surface area contributed by atoms with Crippen LogP contribution in [0.25, 0.3) is 21.3 Å². The Bertz CT molecular complexity index is 1480. The molecule has 5 rings (SSSR count). The molecular formula is C27H19ClN2O3S. The number of rotatable bonds is 7. The van der Waals surface area contributed by atoms with Crippen molar-refractivity contribution in [3.05, 3.63) is 112 Å². The predicted octanol–water partition coefficient (Wildman–Crippen LogP) is 6.88. The van der Waals surface area contributed by atoms with Crippen LogP contribution in [0.5, 0.6) is 5.75 Å². The zero-order chi connectivity index (χ0) is 23.5. The molecule has 0 atom stereocenters. The van der Waals surface area contributed by atoms with Gasteiger partial charge in [-0.2, -0.15) is 0 Å². The van der Waals surface area contributed by atoms with Gasteiger partial charge in [-0.3, -0.25) is 4.98 Å². The summed E-state index contributed by atoms with van der Waals surface area (Å²) in [5.74, 6) is -0.616. The molecule has 1 N–H and O–H groups in total. The minimum Gasteiger partial charge on any atom is -0.487 e. The van der Waals surface area contributed by atoms with Gasteiger partial charge >= 0.3 is 5.97 Å². The molecule has 2 heterocycles. The molecule has 2 aromatic heterocycles. The van der Waals surface area contributed by atoms with Gasteiger partial charge in [0, 0.05) is 17.6 Å². The molecule has 0 radical (unpaired) electrons. The maximum Gasteiger partial charge on any atom is 0.337 e. The molecule has 168 valence electrons. The maximum absolute atomic E-state index is 11.2. The number of hydrogen-bond acceptors (Lipinski definition) is 5. The summed E-state index contributed by atoms with van der Waals surface area (Å²) in [5, 5.41) is 10.9. The largest absolute Gasteiger partial charge is 0.487 e. The number of aromatic nitrogens is 2. The van der Waals surface area contributed by atoms with E-state index >= 15 is 0 Å². The van der Waals surface area contributed by atoms with E-state index in [1.807, 2.05) is 36.4 Å². The van der Waals surface area contributed by atoms with Gasteiger partial charge in [-0.25, -0.2) is 9.78 Å². The van der Waals surface area contributed by atoms with Crippen LogP contribution in [0.1, 0.15) is 26.5 Å². The Kier molecular flexibility index (Phi) is 6.25. The summed E-state index contributed by atoms with van der Waals surface area (Å²) in [6.45, 7) is 0.303. The van der Waals surface area contributed by atoms with Crippen LogP contribution in [-0.2, 0) is 13.0 Å². The van der Waals surface area contributed by atoms with Gasteiger partial charge in [0.1, 0.15) is 12.4 Å². The summed E-state index contributed by atoms with van der Waals surface area (Å²) < 4.78 is 6.98. The molecule has 0 amide bonds. The number of carboxylic acids is 1. The molecule has 3 aromatic carbocycles. The lowest BCUT2D eigenvalue weighted by Gasteiger charge is -2.12. The van der Waals surface area contributed by atoms with E-state index in [4.69, 9.17) is 26.4 Å². The van der Waals surface area contributed by atoms with Crippen molar-refractivity contribution in [1.82, 2.24) is 9.97 Å². The van der Waals surface area contributed by atoms with Crippen LogP contribution >= 0.6 is 22.9 Å². The van der Waals surface area contributed by atoms with Crippen molar-refractivity contribution < 1.29 is 14.6 Å². The Morgan fingerprint density at radius 3 is 2.65 bits per heavy atom. The van der Waals surface area contributed by atoms with Crippen LogP contribution in [0.3, 0.4) is 0 Å². The van der Waals surface area contributed by atoms with E-state index in [0.29, 0.717) is 17.4 Å². The van der Waals surface area contributed by atoms with Gasteiger partial charge in [0.15, 0.2) is 0 Å². The smallest absolute Gasteiger partial charge is 0.337 e. The average molecular weight is 487 g/mol. The van der Waals surface area contributed by atoms with Crippen molar-refractivity contribution in [3.63, 3.8) is 0 Å². The molecule has 0 bridgehead atoms. The van der Waals surface area contributed by atoms with Gasteiger partial charge in [0.25, 0.3) is 0 Å². The number of aromatic carboxylic acids is 1. The monoisotopic (exact) mass is 486 g/mol. The Balaban J connectivity index is 1.32. The molecule has 0 spiro atoms. The van der Waals surface area contributed by atoms with Crippen LogP contribution in [0.2, 0.25) is 5.02 Å². The first-order valence-electron chi connectivity index (χ1n) is 10.6. The number of hydrogen-bond donors (Lipinski definition) is 1. The van der Waals surface area contributed by atoms with Gasteiger partial charge < -0.3 is 9.84 Å². The number of thiazole rings is 1. The summed E-state index contributed by atoms with van der Waals surface area (Å²) in [7, 11) is 0. The average Bonchev–Trinajstić information content (AvgIpc) is 3.25. The molecule has 0 saturated carbocycles. The number of ether oxygens (including phenoxy) is 1. The van der Waals surface area contributed by atoms with E-state index in [-0.39, 0.29) is 5.56 Å². The topological polar surface area (TPSA) is 72.3 Å². The Morgan fingerprint density at radius 2 is 1.82 bits per heavy atom. The van der Waals surface area contributed by atoms with Crippen molar-refractivity contribution in [3.8, 4) is 16.9 Å². The Morgan fingerprint density at radius 1 is 1.00 bits per heavy atom. The molecule has 0 aliphatic heterocycles. The third-order valence-corrected chi connectivity index (χ3v) is 6.66. The molecule has 5 nitrogen and oxygen atoms in total. The summed E-state index contributed by atoms with van der Waals surface area (Å²) in [6.07, 6.45) is 3.57. The summed E-state index contributed by atoms with van der Waals surface area (Å²) in [5.41, 5.74) is 5.35. The van der Waals surface area contributed by atoms with Crippen LogP contribution in [0.4, 0.5) is 0 Å². The highest BCUT2D eigenvalue weighted by Gasteiger charge is 2.10. The first-order valence-corrected chi connectivity index (χ1v) is 11.8. The lowest BCUT2D eigenvalue weighted by Crippen LogP contribution is -2.01. The SMILES string of the molecule is O=C(O)c1cncc(OCc2ccccc2-c2ccc(Cc3nc4cc(Cl)ccc4s3)cc2)c1. The fourth-order valence-electron chi connectivity index (χ4n) is 3.70. The minimum absolute atomic E-state index is 0.0950. The van der Waals surface area contributed by atoms with Crippen LogP contribution in [0.15, 0.2) is 85.2 Å². The predicted molar refractivity (Wildman–Crippen MR) is 135 cm³/mol. The van der Waals surface area contributed by atoms with Crippen molar-refractivity contribution >= 4 is 39.1 Å². The molecule has 0 saturated heterocycles. The van der Waals surface area contributed by atoms with Crippen molar-refractivity contribution in [1.29, 1.82) is 0 Å². The number of halogens is 1. The Labute approximate surface area is 205 Å². The van der Waals surface area contributed by atoms with E-state index in [0.717, 1.165) is 38.3 Å². The van der Waals surface area contributed by atoms with Crippen LogP contribution < -0.4 is 4.74 Å². The quantitative estimate of drug-likeness (QED) is 0.271. The van der Waals surface area contributed by atoms with E-state index in [9.17, 15) is 4.79 Å². The highest BCUT2D eigenvalue weighted by atomic mass is 35.5. The highest BCUT2D eigenvalue weighted by molar-refractivity contribution is 7.18. The zero-order valence-electron chi connectivity index (χ0n) is 17.9. The molecule has 0 aliphatic rings. The van der Waals surface area contributed by atoms with Gasteiger partial charge in [-0.1, -0.05) is 60.1 Å². The number of pyridine rings is 1. The van der Waals surface area contributed by atoms with Crippen LogP contribution in [0, 0.1) is 0 Å². The first-order chi connectivity index (χ1) is 16.5. The Hall–Kier alpha value is -3.74. The van der Waals surface area contributed by atoms with Crippen LogP contribution in [-0.4, -0.2) is 21.0 Å². The fraction of sp³-hybridized carbons (Fsp3) is 0.0741. The molecular weight excluding hydrogens is 468 g/mol. The maximum atomic E-state index is 11.2. The third kappa shape index (κ3) is 4.93. The standard InChI is InChI=1S/C27H19ClN2O3S/c28-21-9-10-25-24(13-21)30-26(34-25)11-17-5-7-18(8-6-17)23-4-2-1-3-19(23)16-33-22-12-20(27(31)32)14-29-15-22/h1-10,12-15H,11,16H2,(H,31,32). The van der Waals surface area contributed by atoms with Gasteiger partial charge in [-0.05, 0) is 46.5 Å². The summed E-state index contributed by atoms with van der Waals surface area (Å²) >= 11 is 7.77. The number of benzene rings is 3. The number of nitrogens with zero attached hydrogens (tertiary/aromatic N) is 2. The highest BCUT2D eigenvalue weighted by Crippen LogP contribution is 2.29. The van der Waals surface area contributed by atoms with E-state index in [1.54, 1.807) is 11.3 Å². The minimum atomic E-state index is -1.03. The number of fused-ring (bicyclic) bond motifs is 1. The van der Waals surface area contributed by atoms with Crippen molar-refractivity contribution in [2.24, 2.45) is 0 Å². The van der Waals surface area contributed by atoms with Gasteiger partial charge in [0.05, 0.1) is 27.0 Å². The molecule has 5 aromatic rings. The van der Waals surface area contributed by atoms with Crippen molar-refractivity contribution in [2.75, 3.05) is 0 Å².